The first kappa shape index (κ1) is 14.1. The summed E-state index contributed by atoms with van der Waals surface area (Å²) in [4.78, 5) is 25.8. The van der Waals surface area contributed by atoms with Gasteiger partial charge in [0.05, 0.1) is 6.42 Å². The molecule has 5 nitrogen and oxygen atoms in total. The molecule has 1 aromatic heterocycles. The van der Waals surface area contributed by atoms with Crippen LogP contribution in [0.2, 0.25) is 0 Å². The number of carboxylic acids is 1. The summed E-state index contributed by atoms with van der Waals surface area (Å²) < 4.78 is 12.8. The first-order valence-corrected chi connectivity index (χ1v) is 5.68. The Kier molecular flexibility index (Phi) is 5.23. The second kappa shape index (κ2) is 6.68. The summed E-state index contributed by atoms with van der Waals surface area (Å²) in [5.41, 5.74) is -0.0542. The van der Waals surface area contributed by atoms with Crippen LogP contribution in [0.25, 0.3) is 0 Å². The quantitative estimate of drug-likeness (QED) is 0.755. The van der Waals surface area contributed by atoms with Crippen LogP contribution in [0.1, 0.15) is 36.7 Å². The minimum Gasteiger partial charge on any atom is -0.481 e. The van der Waals surface area contributed by atoms with E-state index in [4.69, 9.17) is 5.11 Å². The molecule has 1 unspecified atom stereocenters. The van der Waals surface area contributed by atoms with Gasteiger partial charge in [0.25, 0.3) is 5.91 Å². The highest BCUT2D eigenvalue weighted by molar-refractivity contribution is 5.92. The van der Waals surface area contributed by atoms with Crippen molar-refractivity contribution in [3.05, 3.63) is 29.8 Å². The lowest BCUT2D eigenvalue weighted by molar-refractivity contribution is -0.137. The van der Waals surface area contributed by atoms with Gasteiger partial charge in [0.2, 0.25) is 5.95 Å². The number of nitrogens with one attached hydrogen (secondary N) is 1. The molecule has 18 heavy (non-hydrogen) atoms. The first-order valence-electron chi connectivity index (χ1n) is 5.68. The molecular weight excluding hydrogens is 239 g/mol. The number of hydrogen-bond acceptors (Lipinski definition) is 3. The molecule has 1 rings (SSSR count). The van der Waals surface area contributed by atoms with E-state index in [0.29, 0.717) is 6.42 Å². The molecule has 0 spiro atoms. The molecule has 0 aliphatic rings. The van der Waals surface area contributed by atoms with Gasteiger partial charge < -0.3 is 10.4 Å². The van der Waals surface area contributed by atoms with E-state index in [-0.39, 0.29) is 12.1 Å². The normalized spacial score (nSPS) is 11.9. The predicted molar refractivity (Wildman–Crippen MR) is 62.6 cm³/mol. The van der Waals surface area contributed by atoms with Crippen molar-refractivity contribution in [2.45, 2.75) is 32.2 Å². The highest BCUT2D eigenvalue weighted by atomic mass is 19.1. The summed E-state index contributed by atoms with van der Waals surface area (Å²) in [6.07, 6.45) is 1.14. The van der Waals surface area contributed by atoms with Crippen LogP contribution in [0.15, 0.2) is 18.2 Å². The van der Waals surface area contributed by atoms with Crippen LogP contribution in [0.5, 0.6) is 0 Å². The molecule has 1 atom stereocenters. The molecule has 0 saturated carbocycles. The van der Waals surface area contributed by atoms with E-state index in [1.165, 1.54) is 12.1 Å². The van der Waals surface area contributed by atoms with E-state index in [1.807, 2.05) is 6.92 Å². The maximum absolute atomic E-state index is 12.8. The van der Waals surface area contributed by atoms with Crippen molar-refractivity contribution in [2.24, 2.45) is 0 Å². The second-order valence-corrected chi connectivity index (χ2v) is 3.90. The van der Waals surface area contributed by atoms with Gasteiger partial charge in [0.15, 0.2) is 0 Å². The van der Waals surface area contributed by atoms with Crippen molar-refractivity contribution in [2.75, 3.05) is 0 Å². The molecule has 0 radical (unpaired) electrons. The van der Waals surface area contributed by atoms with Crippen molar-refractivity contribution in [3.63, 3.8) is 0 Å². The van der Waals surface area contributed by atoms with E-state index in [0.717, 1.165) is 12.5 Å². The number of carboxylic acid groups (broad SMARTS) is 1. The second-order valence-electron chi connectivity index (χ2n) is 3.90. The van der Waals surface area contributed by atoms with Gasteiger partial charge in [0.1, 0.15) is 5.69 Å². The summed E-state index contributed by atoms with van der Waals surface area (Å²) in [5.74, 6) is -2.29. The van der Waals surface area contributed by atoms with Crippen LogP contribution in [0.3, 0.4) is 0 Å². The number of nitrogens with zero attached hydrogens (tertiary/aromatic N) is 1. The fraction of sp³-hybridized carbons (Fsp3) is 0.417. The molecule has 0 fully saturated rings. The van der Waals surface area contributed by atoms with Crippen molar-refractivity contribution in [1.82, 2.24) is 10.3 Å². The van der Waals surface area contributed by atoms with Crippen LogP contribution in [0.4, 0.5) is 4.39 Å². The molecule has 98 valence electrons. The SMILES string of the molecule is CCCC(CC(=O)O)NC(=O)c1cccc(F)n1. The number of rotatable bonds is 6. The van der Waals surface area contributed by atoms with E-state index in [9.17, 15) is 14.0 Å². The van der Waals surface area contributed by atoms with Gasteiger partial charge in [-0.15, -0.1) is 0 Å². The predicted octanol–water partition coefficient (Wildman–Crippen LogP) is 1.59. The van der Waals surface area contributed by atoms with Gasteiger partial charge in [0, 0.05) is 6.04 Å². The number of carbonyl (C=O) groups excluding carboxylic acids is 1. The Morgan fingerprint density at radius 2 is 2.22 bits per heavy atom. The third-order valence-corrected chi connectivity index (χ3v) is 2.34. The molecule has 2 N–H and O–H groups in total. The highest BCUT2D eigenvalue weighted by Gasteiger charge is 2.17. The Labute approximate surface area is 104 Å². The topological polar surface area (TPSA) is 79.3 Å². The average molecular weight is 254 g/mol. The number of hydrogen-bond donors (Lipinski definition) is 2. The monoisotopic (exact) mass is 254 g/mol. The molecule has 0 bridgehead atoms. The van der Waals surface area contributed by atoms with Gasteiger partial charge in [-0.3, -0.25) is 9.59 Å². The lowest BCUT2D eigenvalue weighted by Gasteiger charge is -2.15. The van der Waals surface area contributed by atoms with Gasteiger partial charge in [-0.2, -0.15) is 4.39 Å². The van der Waals surface area contributed by atoms with E-state index in [2.05, 4.69) is 10.3 Å². The van der Waals surface area contributed by atoms with Crippen molar-refractivity contribution in [3.8, 4) is 0 Å². The maximum Gasteiger partial charge on any atom is 0.305 e. The number of amides is 1. The van der Waals surface area contributed by atoms with Crippen LogP contribution in [-0.4, -0.2) is 28.0 Å². The smallest absolute Gasteiger partial charge is 0.305 e. The van der Waals surface area contributed by atoms with Gasteiger partial charge in [-0.05, 0) is 18.6 Å². The summed E-state index contributed by atoms with van der Waals surface area (Å²) >= 11 is 0. The van der Waals surface area contributed by atoms with Crippen molar-refractivity contribution >= 4 is 11.9 Å². The van der Waals surface area contributed by atoms with Gasteiger partial charge in [-0.1, -0.05) is 19.4 Å². The molecule has 1 amide bonds. The molecular formula is C12H15FN2O3. The Hall–Kier alpha value is -1.98. The number of aromatic nitrogens is 1. The third-order valence-electron chi connectivity index (χ3n) is 2.34. The zero-order valence-corrected chi connectivity index (χ0v) is 10.0. The van der Waals surface area contributed by atoms with Crippen LogP contribution in [-0.2, 0) is 4.79 Å². The molecule has 1 heterocycles. The summed E-state index contributed by atoms with van der Waals surface area (Å²) in [7, 11) is 0. The van der Waals surface area contributed by atoms with Crippen molar-refractivity contribution < 1.29 is 19.1 Å². The minimum absolute atomic E-state index is 0.0542. The first-order chi connectivity index (χ1) is 8.52. The number of halogens is 1. The van der Waals surface area contributed by atoms with E-state index in [1.54, 1.807) is 0 Å². The van der Waals surface area contributed by atoms with Crippen LogP contribution < -0.4 is 5.32 Å². The Bertz CT molecular complexity index is 437. The molecule has 0 aliphatic carbocycles. The fourth-order valence-electron chi connectivity index (χ4n) is 1.58. The van der Waals surface area contributed by atoms with Crippen molar-refractivity contribution in [1.29, 1.82) is 0 Å². The van der Waals surface area contributed by atoms with Crippen LogP contribution in [0, 0.1) is 5.95 Å². The lowest BCUT2D eigenvalue weighted by atomic mass is 10.1. The molecule has 0 aliphatic heterocycles. The van der Waals surface area contributed by atoms with E-state index >= 15 is 0 Å². The maximum atomic E-state index is 12.8. The molecule has 0 saturated heterocycles. The number of pyridine rings is 1. The highest BCUT2D eigenvalue weighted by Crippen LogP contribution is 2.04. The zero-order valence-electron chi connectivity index (χ0n) is 10.0. The number of carbonyl (C=O) groups is 2. The molecule has 0 aromatic carbocycles. The molecule has 6 heteroatoms. The average Bonchev–Trinajstić information content (AvgIpc) is 2.28. The largest absolute Gasteiger partial charge is 0.481 e. The fourth-order valence-corrected chi connectivity index (χ4v) is 1.58. The Morgan fingerprint density at radius 3 is 2.78 bits per heavy atom. The minimum atomic E-state index is -0.985. The Balaban J connectivity index is 2.68. The zero-order chi connectivity index (χ0) is 13.5. The Morgan fingerprint density at radius 1 is 1.50 bits per heavy atom. The number of aliphatic carboxylic acids is 1. The summed E-state index contributed by atoms with van der Waals surface area (Å²) in [6.45, 7) is 1.89. The van der Waals surface area contributed by atoms with Gasteiger partial charge >= 0.3 is 5.97 Å². The van der Waals surface area contributed by atoms with Gasteiger partial charge in [-0.25, -0.2) is 4.98 Å². The van der Waals surface area contributed by atoms with E-state index < -0.39 is 23.9 Å². The molecule has 1 aromatic rings. The summed E-state index contributed by atoms with van der Waals surface area (Å²) in [5, 5.41) is 11.3. The van der Waals surface area contributed by atoms with Crippen LogP contribution >= 0.6 is 0 Å². The lowest BCUT2D eigenvalue weighted by Crippen LogP contribution is -2.36. The third kappa shape index (κ3) is 4.48. The standard InChI is InChI=1S/C12H15FN2O3/c1-2-4-8(7-11(16)17)14-12(18)9-5-3-6-10(13)15-9/h3,5-6,8H,2,4,7H2,1H3,(H,14,18)(H,16,17). The summed E-state index contributed by atoms with van der Waals surface area (Å²) in [6, 6.07) is 3.42.